The summed E-state index contributed by atoms with van der Waals surface area (Å²) in [6.45, 7) is 4.21. The van der Waals surface area contributed by atoms with E-state index in [1.807, 2.05) is 6.08 Å². The molecule has 1 amide bonds. The number of hydrogen-bond donors (Lipinski definition) is 4. The number of unbranched alkanes of at least 4 members (excludes halogenated alkanes) is 42. The third-order valence-electron chi connectivity index (χ3n) is 13.7. The highest BCUT2D eigenvalue weighted by Gasteiger charge is 2.22. The molecule has 0 saturated carbocycles. The summed E-state index contributed by atoms with van der Waals surface area (Å²) >= 11 is 0. The molecule has 0 aliphatic carbocycles. The van der Waals surface area contributed by atoms with Crippen molar-refractivity contribution in [3.63, 3.8) is 0 Å². The van der Waals surface area contributed by atoms with Crippen LogP contribution in [-0.2, 0) is 4.79 Å². The number of nitrogens with one attached hydrogen (secondary N) is 1. The Morgan fingerprint density at radius 2 is 0.662 bits per heavy atom. The van der Waals surface area contributed by atoms with Crippen molar-refractivity contribution in [2.45, 2.75) is 334 Å². The first kappa shape index (κ1) is 63.6. The van der Waals surface area contributed by atoms with E-state index in [1.165, 1.54) is 257 Å². The first-order valence-corrected chi connectivity index (χ1v) is 29.3. The third-order valence-corrected chi connectivity index (χ3v) is 13.7. The maximum Gasteiger partial charge on any atom is 0.249 e. The van der Waals surface area contributed by atoms with E-state index in [4.69, 9.17) is 0 Å². The van der Waals surface area contributed by atoms with E-state index in [2.05, 4.69) is 43.5 Å². The van der Waals surface area contributed by atoms with Crippen molar-refractivity contribution in [2.75, 3.05) is 6.61 Å². The highest BCUT2D eigenvalue weighted by Crippen LogP contribution is 2.17. The van der Waals surface area contributed by atoms with Crippen molar-refractivity contribution in [3.05, 3.63) is 36.5 Å². The number of aliphatic hydroxyl groups excluding tert-OH is 3. The second kappa shape index (κ2) is 55.2. The Kier molecular flexibility index (Phi) is 54.0. The van der Waals surface area contributed by atoms with E-state index < -0.39 is 24.2 Å². The van der Waals surface area contributed by atoms with Crippen LogP contribution in [-0.4, -0.2) is 46.1 Å². The number of rotatable bonds is 54. The molecule has 5 nitrogen and oxygen atoms in total. The molecule has 0 radical (unpaired) electrons. The summed E-state index contributed by atoms with van der Waals surface area (Å²) in [7, 11) is 0. The van der Waals surface area contributed by atoms with Crippen LogP contribution < -0.4 is 5.32 Å². The van der Waals surface area contributed by atoms with E-state index in [0.717, 1.165) is 38.5 Å². The van der Waals surface area contributed by atoms with Crippen LogP contribution in [0.25, 0.3) is 0 Å². The van der Waals surface area contributed by atoms with Crippen LogP contribution in [0.3, 0.4) is 0 Å². The fraction of sp³-hybridized carbons (Fsp3) is 0.883. The molecule has 0 rings (SSSR count). The summed E-state index contributed by atoms with van der Waals surface area (Å²) in [4.78, 5) is 12.5. The Balaban J connectivity index is 3.50. The smallest absolute Gasteiger partial charge is 0.249 e. The molecular weight excluding hydrogens is 799 g/mol. The third kappa shape index (κ3) is 50.3. The van der Waals surface area contributed by atoms with E-state index in [0.29, 0.717) is 6.42 Å². The van der Waals surface area contributed by atoms with Gasteiger partial charge in [0.25, 0.3) is 0 Å². The number of carbonyl (C=O) groups excluding carboxylic acids is 1. The molecule has 0 heterocycles. The fourth-order valence-electron chi connectivity index (χ4n) is 9.16. The SMILES string of the molecule is CCCCCCCCCCCCCCC/C=C\C/C=C\CCCCCCCCCCCCCCCCCCC(O)C(=O)NC(CO)C(O)/C=C/CCCCCCCCCCCCCCC. The molecule has 65 heavy (non-hydrogen) atoms. The predicted octanol–water partition coefficient (Wildman–Crippen LogP) is 18.2. The van der Waals surface area contributed by atoms with Gasteiger partial charge in [0.2, 0.25) is 5.91 Å². The topological polar surface area (TPSA) is 89.8 Å². The zero-order chi connectivity index (χ0) is 47.2. The first-order chi connectivity index (χ1) is 32.1. The second-order valence-electron chi connectivity index (χ2n) is 20.2. The lowest BCUT2D eigenvalue weighted by molar-refractivity contribution is -0.131. The van der Waals surface area contributed by atoms with Gasteiger partial charge in [-0.2, -0.15) is 0 Å². The first-order valence-electron chi connectivity index (χ1n) is 29.3. The molecule has 0 bridgehead atoms. The molecule has 0 fully saturated rings. The second-order valence-corrected chi connectivity index (χ2v) is 20.2. The van der Waals surface area contributed by atoms with Gasteiger partial charge in [-0.3, -0.25) is 4.79 Å². The molecule has 0 aromatic rings. The molecule has 0 spiro atoms. The van der Waals surface area contributed by atoms with Crippen molar-refractivity contribution in [1.82, 2.24) is 5.32 Å². The van der Waals surface area contributed by atoms with Crippen LogP contribution in [0.2, 0.25) is 0 Å². The highest BCUT2D eigenvalue weighted by molar-refractivity contribution is 5.80. The lowest BCUT2D eigenvalue weighted by Crippen LogP contribution is -2.48. The van der Waals surface area contributed by atoms with Gasteiger partial charge in [0.15, 0.2) is 0 Å². The number of allylic oxidation sites excluding steroid dienone is 5. The highest BCUT2D eigenvalue weighted by atomic mass is 16.3. The van der Waals surface area contributed by atoms with Gasteiger partial charge in [-0.25, -0.2) is 0 Å². The molecule has 5 heteroatoms. The predicted molar refractivity (Wildman–Crippen MR) is 287 cm³/mol. The van der Waals surface area contributed by atoms with E-state index in [-0.39, 0.29) is 6.61 Å². The molecule has 384 valence electrons. The van der Waals surface area contributed by atoms with Gasteiger partial charge < -0.3 is 20.6 Å². The van der Waals surface area contributed by atoms with Crippen LogP contribution in [0.4, 0.5) is 0 Å². The minimum absolute atomic E-state index is 0.362. The van der Waals surface area contributed by atoms with Crippen molar-refractivity contribution in [1.29, 1.82) is 0 Å². The van der Waals surface area contributed by atoms with Gasteiger partial charge in [-0.05, 0) is 51.4 Å². The molecule has 0 aromatic heterocycles. The number of carbonyl (C=O) groups is 1. The molecule has 0 saturated heterocycles. The van der Waals surface area contributed by atoms with Crippen LogP contribution in [0.5, 0.6) is 0 Å². The van der Waals surface area contributed by atoms with Crippen LogP contribution in [0.1, 0.15) is 316 Å². The minimum atomic E-state index is -1.10. The number of amides is 1. The van der Waals surface area contributed by atoms with Crippen LogP contribution >= 0.6 is 0 Å². The summed E-state index contributed by atoms with van der Waals surface area (Å²) in [5, 5.41) is 33.3. The largest absolute Gasteiger partial charge is 0.394 e. The lowest BCUT2D eigenvalue weighted by atomic mass is 10.0. The Hall–Kier alpha value is -1.43. The number of aliphatic hydroxyl groups is 3. The van der Waals surface area contributed by atoms with Crippen molar-refractivity contribution in [3.8, 4) is 0 Å². The van der Waals surface area contributed by atoms with Crippen molar-refractivity contribution in [2.24, 2.45) is 0 Å². The van der Waals surface area contributed by atoms with E-state index >= 15 is 0 Å². The molecular formula is C60H115NO4. The van der Waals surface area contributed by atoms with Gasteiger partial charge in [0.05, 0.1) is 18.8 Å². The maximum atomic E-state index is 12.5. The summed E-state index contributed by atoms with van der Waals surface area (Å²) in [5.74, 6) is -0.500. The van der Waals surface area contributed by atoms with Crippen LogP contribution in [0, 0.1) is 0 Å². The fourth-order valence-corrected chi connectivity index (χ4v) is 9.16. The van der Waals surface area contributed by atoms with Crippen molar-refractivity contribution < 1.29 is 20.1 Å². The van der Waals surface area contributed by atoms with E-state index in [9.17, 15) is 20.1 Å². The van der Waals surface area contributed by atoms with Gasteiger partial charge in [0.1, 0.15) is 6.10 Å². The quantitative estimate of drug-likeness (QED) is 0.0361. The number of hydrogen-bond acceptors (Lipinski definition) is 4. The van der Waals surface area contributed by atoms with Crippen molar-refractivity contribution >= 4 is 5.91 Å². The summed E-state index contributed by atoms with van der Waals surface area (Å²) in [6.07, 6.45) is 72.4. The molecule has 4 N–H and O–H groups in total. The average molecular weight is 915 g/mol. The summed E-state index contributed by atoms with van der Waals surface area (Å²) in [5.41, 5.74) is 0. The Morgan fingerprint density at radius 3 is 0.969 bits per heavy atom. The zero-order valence-corrected chi connectivity index (χ0v) is 43.9. The van der Waals surface area contributed by atoms with Gasteiger partial charge >= 0.3 is 0 Å². The van der Waals surface area contributed by atoms with E-state index in [1.54, 1.807) is 6.08 Å². The zero-order valence-electron chi connectivity index (χ0n) is 43.9. The van der Waals surface area contributed by atoms with Gasteiger partial charge in [0, 0.05) is 0 Å². The Morgan fingerprint density at radius 1 is 0.385 bits per heavy atom. The average Bonchev–Trinajstić information content (AvgIpc) is 3.31. The molecule has 0 aromatic carbocycles. The summed E-state index contributed by atoms with van der Waals surface area (Å²) in [6, 6.07) is -0.797. The molecule has 0 aliphatic heterocycles. The standard InChI is InChI=1S/C60H115NO4/c1-3-5-7-9-11-13-15-17-19-20-21-22-23-24-25-26-27-28-29-30-31-32-33-34-35-36-37-38-39-41-43-45-47-49-51-53-55-59(64)60(65)61-57(56-62)58(63)54-52-50-48-46-44-42-40-18-16-14-12-10-8-6-4-2/h25-26,28-29,52,54,57-59,62-64H,3-24,27,30-51,53,55-56H2,1-2H3,(H,61,65)/b26-25-,29-28-,54-52+. The Labute approximate surface area is 406 Å². The molecule has 3 atom stereocenters. The van der Waals surface area contributed by atoms with Gasteiger partial charge in [-0.15, -0.1) is 0 Å². The monoisotopic (exact) mass is 914 g/mol. The lowest BCUT2D eigenvalue weighted by Gasteiger charge is -2.21. The van der Waals surface area contributed by atoms with Gasteiger partial charge in [-0.1, -0.05) is 301 Å². The summed E-state index contributed by atoms with van der Waals surface area (Å²) < 4.78 is 0. The molecule has 0 aliphatic rings. The molecule has 3 unspecified atom stereocenters. The normalized spacial score (nSPS) is 13.5. The Bertz CT molecular complexity index is 1010. The van der Waals surface area contributed by atoms with Crippen LogP contribution in [0.15, 0.2) is 36.5 Å². The minimum Gasteiger partial charge on any atom is -0.394 e. The maximum absolute atomic E-state index is 12.5.